The average molecular weight is 388 g/mol. The summed E-state index contributed by atoms with van der Waals surface area (Å²) >= 11 is 0. The Morgan fingerprint density at radius 1 is 1.07 bits per heavy atom. The molecule has 5 rings (SSSR count). The van der Waals surface area contributed by atoms with E-state index in [1.807, 2.05) is 13.0 Å². The van der Waals surface area contributed by atoms with E-state index in [4.69, 9.17) is 13.9 Å². The third kappa shape index (κ3) is 2.89. The van der Waals surface area contributed by atoms with Gasteiger partial charge < -0.3 is 19.0 Å². The number of aromatic hydroxyl groups is 1. The fraction of sp³-hybridized carbons (Fsp3) is 0.130. The van der Waals surface area contributed by atoms with Crippen molar-refractivity contribution in [3.05, 3.63) is 82.5 Å². The van der Waals surface area contributed by atoms with E-state index in [0.29, 0.717) is 28.4 Å². The number of Topliss-reactive ketones (excluding diaryl/α,β-unsaturated/α-hetero) is 1. The molecule has 2 aliphatic heterocycles. The van der Waals surface area contributed by atoms with Crippen LogP contribution in [0.3, 0.4) is 0 Å². The normalized spacial score (nSPS) is 18.9. The summed E-state index contributed by atoms with van der Waals surface area (Å²) in [6, 6.07) is 13.5. The van der Waals surface area contributed by atoms with Crippen molar-refractivity contribution in [3.8, 4) is 17.2 Å². The van der Waals surface area contributed by atoms with E-state index >= 15 is 0 Å². The molecule has 0 spiro atoms. The molecule has 0 saturated carbocycles. The topological polar surface area (TPSA) is 86.0 Å². The van der Waals surface area contributed by atoms with Gasteiger partial charge in [0.05, 0.1) is 12.0 Å². The summed E-state index contributed by atoms with van der Waals surface area (Å²) in [5.74, 6) is 1.19. The summed E-state index contributed by atoms with van der Waals surface area (Å²) in [6.45, 7) is 1.82. The number of esters is 1. The average Bonchev–Trinajstić information content (AvgIpc) is 3.24. The summed E-state index contributed by atoms with van der Waals surface area (Å²) in [5, 5.41) is 9.88. The monoisotopic (exact) mass is 388 g/mol. The van der Waals surface area contributed by atoms with E-state index in [-0.39, 0.29) is 29.7 Å². The molecule has 6 nitrogen and oxygen atoms in total. The van der Waals surface area contributed by atoms with Crippen molar-refractivity contribution < 1.29 is 28.6 Å². The van der Waals surface area contributed by atoms with Crippen molar-refractivity contribution in [2.24, 2.45) is 0 Å². The van der Waals surface area contributed by atoms with Gasteiger partial charge in [-0.2, -0.15) is 0 Å². The summed E-state index contributed by atoms with van der Waals surface area (Å²) in [6.07, 6.45) is 1.64. The van der Waals surface area contributed by atoms with Crippen molar-refractivity contribution in [3.63, 3.8) is 0 Å². The van der Waals surface area contributed by atoms with Gasteiger partial charge in [0.15, 0.2) is 5.76 Å². The van der Waals surface area contributed by atoms with Crippen molar-refractivity contribution in [1.29, 1.82) is 0 Å². The summed E-state index contributed by atoms with van der Waals surface area (Å²) in [5.41, 5.74) is 1.77. The number of fused-ring (bicyclic) bond motifs is 3. The molecule has 29 heavy (non-hydrogen) atoms. The Balaban J connectivity index is 1.63. The molecule has 0 aliphatic carbocycles. The molecule has 6 heteroatoms. The number of phenols is 1. The van der Waals surface area contributed by atoms with Crippen LogP contribution in [0.25, 0.3) is 6.08 Å². The number of rotatable bonds is 2. The highest BCUT2D eigenvalue weighted by Gasteiger charge is 2.38. The third-order valence-electron chi connectivity index (χ3n) is 5.09. The quantitative estimate of drug-likeness (QED) is 0.399. The SMILES string of the molecule is Cc1ccc(/C=C2\Oc3c(ccc4c3[C@H](c3cccc(O)c3)CC(=O)O4)C2=O)o1. The fourth-order valence-electron chi connectivity index (χ4n) is 3.79. The van der Waals surface area contributed by atoms with Crippen molar-refractivity contribution in [1.82, 2.24) is 0 Å². The highest BCUT2D eigenvalue weighted by molar-refractivity contribution is 6.15. The van der Waals surface area contributed by atoms with E-state index in [1.54, 1.807) is 48.5 Å². The van der Waals surface area contributed by atoms with Gasteiger partial charge in [-0.25, -0.2) is 0 Å². The number of ether oxygens (including phenoxy) is 2. The first-order valence-electron chi connectivity index (χ1n) is 9.17. The summed E-state index contributed by atoms with van der Waals surface area (Å²) in [7, 11) is 0. The maximum Gasteiger partial charge on any atom is 0.312 e. The number of furan rings is 1. The number of ketones is 1. The maximum absolute atomic E-state index is 12.9. The second kappa shape index (κ2) is 6.38. The smallest absolute Gasteiger partial charge is 0.312 e. The van der Waals surface area contributed by atoms with Crippen LogP contribution in [0.1, 0.15) is 45.3 Å². The molecule has 0 bridgehead atoms. The minimum atomic E-state index is -0.397. The minimum absolute atomic E-state index is 0.0842. The van der Waals surface area contributed by atoms with Gasteiger partial charge >= 0.3 is 5.97 Å². The molecule has 2 aromatic carbocycles. The number of carbonyl (C=O) groups is 2. The zero-order valence-corrected chi connectivity index (χ0v) is 15.5. The number of allylic oxidation sites excluding steroid dienone is 1. The molecule has 2 aliphatic rings. The van der Waals surface area contributed by atoms with Crippen LogP contribution in [0.5, 0.6) is 17.2 Å². The molecule has 0 fully saturated rings. The van der Waals surface area contributed by atoms with E-state index in [1.165, 1.54) is 0 Å². The Morgan fingerprint density at radius 3 is 2.69 bits per heavy atom. The van der Waals surface area contributed by atoms with Crippen LogP contribution in [-0.4, -0.2) is 16.9 Å². The largest absolute Gasteiger partial charge is 0.508 e. The highest BCUT2D eigenvalue weighted by atomic mass is 16.5. The van der Waals surface area contributed by atoms with Crippen LogP contribution < -0.4 is 9.47 Å². The second-order valence-corrected chi connectivity index (χ2v) is 7.07. The van der Waals surface area contributed by atoms with E-state index in [2.05, 4.69) is 0 Å². The predicted molar refractivity (Wildman–Crippen MR) is 103 cm³/mol. The molecular formula is C23H16O6. The molecule has 0 saturated heterocycles. The van der Waals surface area contributed by atoms with Gasteiger partial charge in [-0.15, -0.1) is 0 Å². The van der Waals surface area contributed by atoms with Crippen molar-refractivity contribution in [2.75, 3.05) is 0 Å². The standard InChI is InChI=1S/C23H16O6/c1-12-5-6-15(27-12)10-19-22(26)16-7-8-18-21(23(16)29-19)17(11-20(25)28-18)13-3-2-4-14(24)9-13/h2-10,17,24H,11H2,1H3/b19-10-/t17-/m0/s1. The summed E-state index contributed by atoms with van der Waals surface area (Å²) in [4.78, 5) is 25.0. The zero-order valence-electron chi connectivity index (χ0n) is 15.5. The van der Waals surface area contributed by atoms with Crippen LogP contribution >= 0.6 is 0 Å². The first kappa shape index (κ1) is 17.3. The van der Waals surface area contributed by atoms with E-state index in [9.17, 15) is 14.7 Å². The molecule has 1 N–H and O–H groups in total. The minimum Gasteiger partial charge on any atom is -0.508 e. The number of benzene rings is 2. The lowest BCUT2D eigenvalue weighted by molar-refractivity contribution is -0.135. The van der Waals surface area contributed by atoms with E-state index < -0.39 is 5.92 Å². The molecule has 0 amide bonds. The Kier molecular flexibility index (Phi) is 3.81. The van der Waals surface area contributed by atoms with Crippen LogP contribution in [-0.2, 0) is 4.79 Å². The molecule has 3 aromatic rings. The Morgan fingerprint density at radius 2 is 1.93 bits per heavy atom. The van der Waals surface area contributed by atoms with Gasteiger partial charge in [-0.05, 0) is 48.9 Å². The molecule has 1 atom stereocenters. The molecule has 1 aromatic heterocycles. The lowest BCUT2D eigenvalue weighted by Gasteiger charge is -2.26. The van der Waals surface area contributed by atoms with Crippen molar-refractivity contribution >= 4 is 17.8 Å². The van der Waals surface area contributed by atoms with Crippen LogP contribution in [0.15, 0.2) is 58.7 Å². The molecule has 3 heterocycles. The first-order valence-corrected chi connectivity index (χ1v) is 9.17. The lowest BCUT2D eigenvalue weighted by Crippen LogP contribution is -2.21. The van der Waals surface area contributed by atoms with Crippen LogP contribution in [0.4, 0.5) is 0 Å². The van der Waals surface area contributed by atoms with Gasteiger partial charge in [0, 0.05) is 17.6 Å². The van der Waals surface area contributed by atoms with Gasteiger partial charge in [0.2, 0.25) is 5.78 Å². The number of aryl methyl sites for hydroxylation is 1. The van der Waals surface area contributed by atoms with Gasteiger partial charge in [0.25, 0.3) is 0 Å². The van der Waals surface area contributed by atoms with Crippen LogP contribution in [0.2, 0.25) is 0 Å². The number of carbonyl (C=O) groups excluding carboxylic acids is 2. The van der Waals surface area contributed by atoms with Crippen molar-refractivity contribution in [2.45, 2.75) is 19.3 Å². The first-order chi connectivity index (χ1) is 14.0. The second-order valence-electron chi connectivity index (χ2n) is 7.07. The zero-order chi connectivity index (χ0) is 20.1. The Labute approximate surface area is 166 Å². The van der Waals surface area contributed by atoms with Gasteiger partial charge in [-0.1, -0.05) is 12.1 Å². The number of hydrogen-bond acceptors (Lipinski definition) is 6. The molecule has 0 radical (unpaired) electrons. The fourth-order valence-corrected chi connectivity index (χ4v) is 3.79. The molecule has 0 unspecified atom stereocenters. The summed E-state index contributed by atoms with van der Waals surface area (Å²) < 4.78 is 16.9. The third-order valence-corrected chi connectivity index (χ3v) is 5.09. The van der Waals surface area contributed by atoms with E-state index in [0.717, 1.165) is 11.3 Å². The Bertz CT molecular complexity index is 1200. The van der Waals surface area contributed by atoms with Gasteiger partial charge in [-0.3, -0.25) is 9.59 Å². The van der Waals surface area contributed by atoms with Crippen LogP contribution in [0, 0.1) is 6.92 Å². The highest BCUT2D eigenvalue weighted by Crippen LogP contribution is 2.49. The number of phenolic OH excluding ortho intramolecular Hbond substituents is 1. The molecule has 144 valence electrons. The van der Waals surface area contributed by atoms with Gasteiger partial charge in [0.1, 0.15) is 28.8 Å². The lowest BCUT2D eigenvalue weighted by atomic mass is 9.84. The Hall–Kier alpha value is -3.80. The number of hydrogen-bond donors (Lipinski definition) is 1. The molecular weight excluding hydrogens is 372 g/mol. The maximum atomic E-state index is 12.9. The predicted octanol–water partition coefficient (Wildman–Crippen LogP) is 4.35.